The summed E-state index contributed by atoms with van der Waals surface area (Å²) in [6.07, 6.45) is 1.80. The Balaban J connectivity index is 1.67. The summed E-state index contributed by atoms with van der Waals surface area (Å²) in [5.41, 5.74) is 4.07. The maximum Gasteiger partial charge on any atom is 0.255 e. The van der Waals surface area contributed by atoms with Crippen LogP contribution in [0.25, 0.3) is 11.3 Å². The van der Waals surface area contributed by atoms with Gasteiger partial charge < -0.3 is 10.1 Å². The van der Waals surface area contributed by atoms with Crippen LogP contribution in [0, 0.1) is 0 Å². The number of rotatable bonds is 7. The molecule has 1 heterocycles. The van der Waals surface area contributed by atoms with Gasteiger partial charge in [-0.2, -0.15) is 5.10 Å². The summed E-state index contributed by atoms with van der Waals surface area (Å²) in [6.45, 7) is 1.03. The molecular formula is C25H23N3O2. The predicted molar refractivity (Wildman–Crippen MR) is 117 cm³/mol. The number of hydrogen-bond acceptors (Lipinski definition) is 3. The van der Waals surface area contributed by atoms with Crippen LogP contribution in [-0.2, 0) is 13.1 Å². The van der Waals surface area contributed by atoms with Crippen molar-refractivity contribution in [3.8, 4) is 17.0 Å². The molecule has 5 nitrogen and oxygen atoms in total. The van der Waals surface area contributed by atoms with Crippen LogP contribution in [0.2, 0.25) is 0 Å². The molecule has 0 unspecified atom stereocenters. The van der Waals surface area contributed by atoms with Gasteiger partial charge in [0.1, 0.15) is 11.4 Å². The fourth-order valence-corrected chi connectivity index (χ4v) is 3.35. The zero-order chi connectivity index (χ0) is 20.8. The molecule has 0 aliphatic rings. The molecule has 0 saturated heterocycles. The molecule has 0 bridgehead atoms. The summed E-state index contributed by atoms with van der Waals surface area (Å²) in [7, 11) is 1.62. The lowest BCUT2D eigenvalue weighted by molar-refractivity contribution is 0.0951. The Morgan fingerprint density at radius 2 is 1.53 bits per heavy atom. The highest BCUT2D eigenvalue weighted by atomic mass is 16.5. The summed E-state index contributed by atoms with van der Waals surface area (Å²) >= 11 is 0. The second kappa shape index (κ2) is 9.09. The molecule has 1 aromatic heterocycles. The molecule has 0 radical (unpaired) electrons. The molecule has 5 heteroatoms. The molecule has 4 aromatic rings. The van der Waals surface area contributed by atoms with Crippen molar-refractivity contribution >= 4 is 5.91 Å². The van der Waals surface area contributed by atoms with E-state index < -0.39 is 0 Å². The van der Waals surface area contributed by atoms with Gasteiger partial charge in [-0.1, -0.05) is 72.8 Å². The molecule has 0 atom stereocenters. The minimum absolute atomic E-state index is 0.168. The van der Waals surface area contributed by atoms with Crippen molar-refractivity contribution in [2.45, 2.75) is 13.1 Å². The Morgan fingerprint density at radius 3 is 2.23 bits per heavy atom. The van der Waals surface area contributed by atoms with Gasteiger partial charge in [-0.25, -0.2) is 0 Å². The van der Waals surface area contributed by atoms with Crippen LogP contribution in [0.4, 0.5) is 0 Å². The Labute approximate surface area is 175 Å². The molecule has 30 heavy (non-hydrogen) atoms. The predicted octanol–water partition coefficient (Wildman–Crippen LogP) is 4.54. The third-order valence-electron chi connectivity index (χ3n) is 4.85. The van der Waals surface area contributed by atoms with Crippen LogP contribution in [-0.4, -0.2) is 22.8 Å². The van der Waals surface area contributed by atoms with Crippen LogP contribution < -0.4 is 10.1 Å². The number of carbonyl (C=O) groups excluding carboxylic acids is 1. The number of aromatic nitrogens is 2. The van der Waals surface area contributed by atoms with Gasteiger partial charge in [-0.05, 0) is 23.3 Å². The summed E-state index contributed by atoms with van der Waals surface area (Å²) in [5, 5.41) is 7.74. The van der Waals surface area contributed by atoms with E-state index in [4.69, 9.17) is 9.84 Å². The standard InChI is InChI=1S/C25H23N3O2/c1-30-23-15-9-8-14-21(23)24-22(25(29)26-16-19-10-4-2-5-11-19)18-28(27-24)17-20-12-6-3-7-13-20/h2-15,18H,16-17H2,1H3,(H,26,29). The second-order valence-electron chi connectivity index (χ2n) is 6.94. The summed E-state index contributed by atoms with van der Waals surface area (Å²) in [4.78, 5) is 13.1. The number of carbonyl (C=O) groups is 1. The average molecular weight is 397 g/mol. The molecular weight excluding hydrogens is 374 g/mol. The van der Waals surface area contributed by atoms with E-state index in [-0.39, 0.29) is 5.91 Å². The van der Waals surface area contributed by atoms with E-state index in [1.807, 2.05) is 84.9 Å². The van der Waals surface area contributed by atoms with Crippen molar-refractivity contribution in [3.63, 3.8) is 0 Å². The fraction of sp³-hybridized carbons (Fsp3) is 0.120. The summed E-state index contributed by atoms with van der Waals surface area (Å²) in [6, 6.07) is 27.5. The topological polar surface area (TPSA) is 56.2 Å². The first-order chi connectivity index (χ1) is 14.7. The van der Waals surface area contributed by atoms with Crippen molar-refractivity contribution in [1.82, 2.24) is 15.1 Å². The number of hydrogen-bond donors (Lipinski definition) is 1. The van der Waals surface area contributed by atoms with Gasteiger partial charge in [0.2, 0.25) is 0 Å². The maximum absolute atomic E-state index is 13.1. The highest BCUT2D eigenvalue weighted by molar-refractivity contribution is 6.00. The first-order valence-electron chi connectivity index (χ1n) is 9.81. The van der Waals surface area contributed by atoms with Gasteiger partial charge in [0.05, 0.1) is 19.2 Å². The van der Waals surface area contributed by atoms with E-state index in [1.54, 1.807) is 18.0 Å². The van der Waals surface area contributed by atoms with Crippen LogP contribution in [0.1, 0.15) is 21.5 Å². The fourth-order valence-electron chi connectivity index (χ4n) is 3.35. The third kappa shape index (κ3) is 4.41. The maximum atomic E-state index is 13.1. The average Bonchev–Trinajstić information content (AvgIpc) is 3.22. The highest BCUT2D eigenvalue weighted by Crippen LogP contribution is 2.31. The van der Waals surface area contributed by atoms with E-state index in [1.165, 1.54) is 0 Å². The minimum Gasteiger partial charge on any atom is -0.496 e. The molecule has 0 aliphatic carbocycles. The molecule has 0 fully saturated rings. The highest BCUT2D eigenvalue weighted by Gasteiger charge is 2.20. The lowest BCUT2D eigenvalue weighted by Crippen LogP contribution is -2.23. The monoisotopic (exact) mass is 397 g/mol. The molecule has 0 spiro atoms. The number of para-hydroxylation sites is 1. The van der Waals surface area contributed by atoms with Gasteiger partial charge >= 0.3 is 0 Å². The molecule has 4 rings (SSSR count). The SMILES string of the molecule is COc1ccccc1-c1nn(Cc2ccccc2)cc1C(=O)NCc1ccccc1. The van der Waals surface area contributed by atoms with Gasteiger partial charge in [0.25, 0.3) is 5.91 Å². The molecule has 1 amide bonds. The molecule has 0 saturated carbocycles. The number of amides is 1. The third-order valence-corrected chi connectivity index (χ3v) is 4.85. The number of benzene rings is 3. The first kappa shape index (κ1) is 19.5. The smallest absolute Gasteiger partial charge is 0.255 e. The Kier molecular flexibility index (Phi) is 5.90. The van der Waals surface area contributed by atoms with E-state index in [2.05, 4.69) is 5.32 Å². The Bertz CT molecular complexity index is 1120. The van der Waals surface area contributed by atoms with Crippen LogP contribution in [0.3, 0.4) is 0 Å². The van der Waals surface area contributed by atoms with Gasteiger partial charge in [-0.15, -0.1) is 0 Å². The molecule has 1 N–H and O–H groups in total. The van der Waals surface area contributed by atoms with Crippen LogP contribution in [0.15, 0.2) is 91.1 Å². The van der Waals surface area contributed by atoms with Crippen molar-refractivity contribution in [3.05, 3.63) is 108 Å². The van der Waals surface area contributed by atoms with Crippen molar-refractivity contribution in [2.75, 3.05) is 7.11 Å². The summed E-state index contributed by atoms with van der Waals surface area (Å²) in [5.74, 6) is 0.513. The van der Waals surface area contributed by atoms with Gasteiger partial charge in [-0.3, -0.25) is 9.48 Å². The quantitative estimate of drug-likeness (QED) is 0.498. The van der Waals surface area contributed by atoms with E-state index in [0.717, 1.165) is 16.7 Å². The Morgan fingerprint density at radius 1 is 0.900 bits per heavy atom. The van der Waals surface area contributed by atoms with Crippen molar-refractivity contribution < 1.29 is 9.53 Å². The van der Waals surface area contributed by atoms with E-state index in [0.29, 0.717) is 30.1 Å². The lowest BCUT2D eigenvalue weighted by Gasteiger charge is -2.08. The molecule has 150 valence electrons. The molecule has 0 aliphatic heterocycles. The van der Waals surface area contributed by atoms with Crippen LogP contribution >= 0.6 is 0 Å². The number of nitrogens with one attached hydrogen (secondary N) is 1. The Hall–Kier alpha value is -3.86. The zero-order valence-electron chi connectivity index (χ0n) is 16.8. The zero-order valence-corrected chi connectivity index (χ0v) is 16.8. The van der Waals surface area contributed by atoms with Crippen LogP contribution in [0.5, 0.6) is 5.75 Å². The van der Waals surface area contributed by atoms with E-state index >= 15 is 0 Å². The number of nitrogens with zero attached hydrogens (tertiary/aromatic N) is 2. The van der Waals surface area contributed by atoms with Crippen molar-refractivity contribution in [2.24, 2.45) is 0 Å². The van der Waals surface area contributed by atoms with E-state index in [9.17, 15) is 4.79 Å². The molecule has 3 aromatic carbocycles. The summed E-state index contributed by atoms with van der Waals surface area (Å²) < 4.78 is 7.31. The van der Waals surface area contributed by atoms with Gasteiger partial charge in [0, 0.05) is 18.3 Å². The second-order valence-corrected chi connectivity index (χ2v) is 6.94. The first-order valence-corrected chi connectivity index (χ1v) is 9.81. The van der Waals surface area contributed by atoms with Gasteiger partial charge in [0.15, 0.2) is 0 Å². The normalized spacial score (nSPS) is 10.6. The largest absolute Gasteiger partial charge is 0.496 e. The lowest BCUT2D eigenvalue weighted by atomic mass is 10.1. The van der Waals surface area contributed by atoms with Crippen molar-refractivity contribution in [1.29, 1.82) is 0 Å². The number of methoxy groups -OCH3 is 1. The number of ether oxygens (including phenoxy) is 1. The minimum atomic E-state index is -0.168.